The van der Waals surface area contributed by atoms with E-state index in [-0.39, 0.29) is 0 Å². The summed E-state index contributed by atoms with van der Waals surface area (Å²) < 4.78 is 4.47. The van der Waals surface area contributed by atoms with Gasteiger partial charge in [-0.25, -0.2) is 4.57 Å². The summed E-state index contributed by atoms with van der Waals surface area (Å²) in [4.78, 5) is 9.86. The quantitative estimate of drug-likeness (QED) is 0.402. The molecule has 0 fully saturated rings. The Hall–Kier alpha value is -2.27. The van der Waals surface area contributed by atoms with E-state index in [2.05, 4.69) is 43.2 Å². The molecule has 0 spiro atoms. The zero-order valence-electron chi connectivity index (χ0n) is 9.95. The number of hydrogen-bond donors (Lipinski definition) is 0. The predicted octanol–water partition coefficient (Wildman–Crippen LogP) is 2.26. The highest BCUT2D eigenvalue weighted by atomic mass is 32.1. The van der Waals surface area contributed by atoms with Gasteiger partial charge in [0.15, 0.2) is 5.01 Å². The molecule has 0 bridgehead atoms. The number of nitrogens with zero attached hydrogens (tertiary/aromatic N) is 4. The molecule has 0 radical (unpaired) electrons. The van der Waals surface area contributed by atoms with E-state index in [1.54, 1.807) is 17.5 Å². The highest BCUT2D eigenvalue weighted by molar-refractivity contribution is 7.20. The second-order valence-corrected chi connectivity index (χ2v) is 5.67. The molecule has 0 N–H and O–H groups in total. The maximum atomic E-state index is 4.65. The van der Waals surface area contributed by atoms with Crippen molar-refractivity contribution >= 4 is 27.5 Å². The largest absolute Gasteiger partial charge is 0.326 e. The highest BCUT2D eigenvalue weighted by Crippen LogP contribution is 2.35. The van der Waals surface area contributed by atoms with E-state index in [1.807, 2.05) is 12.4 Å². The summed E-state index contributed by atoms with van der Waals surface area (Å²) >= 11 is 1.76. The Morgan fingerprint density at radius 2 is 2.21 bits per heavy atom. The van der Waals surface area contributed by atoms with E-state index in [4.69, 9.17) is 0 Å². The Bertz CT molecular complexity index is 951. The minimum atomic E-state index is 0.912. The van der Waals surface area contributed by atoms with Crippen molar-refractivity contribution in [1.82, 2.24) is 14.4 Å². The molecule has 4 heterocycles. The lowest BCUT2D eigenvalue weighted by atomic mass is 10.1. The van der Waals surface area contributed by atoms with Crippen molar-refractivity contribution in [3.63, 3.8) is 0 Å². The van der Waals surface area contributed by atoms with Gasteiger partial charge >= 0.3 is 5.65 Å². The molecule has 0 amide bonds. The molecular formula is C14H9N4S+. The van der Waals surface area contributed by atoms with Gasteiger partial charge in [0.1, 0.15) is 12.7 Å². The predicted molar refractivity (Wildman–Crippen MR) is 73.1 cm³/mol. The first kappa shape index (κ1) is 9.63. The van der Waals surface area contributed by atoms with Crippen molar-refractivity contribution in [2.24, 2.45) is 0 Å². The van der Waals surface area contributed by atoms with Crippen LogP contribution in [0, 0.1) is 0 Å². The number of aromatic nitrogens is 4. The third kappa shape index (κ3) is 1.11. The molecule has 1 aliphatic rings. The molecule has 0 atom stereocenters. The third-order valence-electron chi connectivity index (χ3n) is 3.64. The van der Waals surface area contributed by atoms with Gasteiger partial charge in [0, 0.05) is 11.1 Å². The van der Waals surface area contributed by atoms with Crippen LogP contribution in [0.3, 0.4) is 0 Å². The van der Waals surface area contributed by atoms with Crippen LogP contribution in [0.1, 0.15) is 5.56 Å². The zero-order chi connectivity index (χ0) is 12.4. The average Bonchev–Trinajstić information content (AvgIpc) is 3.05. The first-order valence-electron chi connectivity index (χ1n) is 6.14. The van der Waals surface area contributed by atoms with Crippen molar-refractivity contribution in [3.8, 4) is 10.6 Å². The van der Waals surface area contributed by atoms with Crippen LogP contribution >= 0.6 is 11.3 Å². The molecule has 0 aliphatic carbocycles. The second-order valence-electron chi connectivity index (χ2n) is 4.70. The lowest BCUT2D eigenvalue weighted by molar-refractivity contribution is -0.644. The Morgan fingerprint density at radius 3 is 3.21 bits per heavy atom. The van der Waals surface area contributed by atoms with Crippen LogP contribution in [-0.2, 0) is 6.54 Å². The van der Waals surface area contributed by atoms with Crippen LogP contribution in [0.5, 0.6) is 0 Å². The molecule has 5 rings (SSSR count). The topological polar surface area (TPSA) is 34.1 Å². The average molecular weight is 265 g/mol. The van der Waals surface area contributed by atoms with Crippen LogP contribution in [0.2, 0.25) is 0 Å². The van der Waals surface area contributed by atoms with Crippen molar-refractivity contribution < 1.29 is 4.57 Å². The summed E-state index contributed by atoms with van der Waals surface area (Å²) in [5.41, 5.74) is 4.82. The summed E-state index contributed by atoms with van der Waals surface area (Å²) in [6.45, 7) is 0.932. The van der Waals surface area contributed by atoms with Gasteiger partial charge in [-0.1, -0.05) is 29.5 Å². The standard InChI is InChI=1S/C14H9N4S/c1-2-4-10-9(3-1)8-18-13-12(19-14(10)18)16-11-7-15-5-6-17(11)13/h1-7H,8H2/q+1. The molecule has 1 aliphatic heterocycles. The minimum Gasteiger partial charge on any atom is -0.255 e. The lowest BCUT2D eigenvalue weighted by Crippen LogP contribution is -2.31. The Balaban J connectivity index is 1.94. The van der Waals surface area contributed by atoms with Crippen LogP contribution < -0.4 is 4.57 Å². The summed E-state index contributed by atoms with van der Waals surface area (Å²) in [6, 6.07) is 8.59. The fourth-order valence-electron chi connectivity index (χ4n) is 2.81. The fraction of sp³-hybridized carbons (Fsp3) is 0.0714. The van der Waals surface area contributed by atoms with Crippen molar-refractivity contribution in [1.29, 1.82) is 0 Å². The van der Waals surface area contributed by atoms with Crippen LogP contribution in [0.15, 0.2) is 42.9 Å². The van der Waals surface area contributed by atoms with Gasteiger partial charge in [-0.3, -0.25) is 4.98 Å². The van der Waals surface area contributed by atoms with Gasteiger partial charge in [0.2, 0.25) is 10.5 Å². The molecule has 90 valence electrons. The van der Waals surface area contributed by atoms with E-state index >= 15 is 0 Å². The van der Waals surface area contributed by atoms with Crippen LogP contribution in [0.4, 0.5) is 0 Å². The van der Waals surface area contributed by atoms with Gasteiger partial charge in [-0.2, -0.15) is 9.38 Å². The van der Waals surface area contributed by atoms with Crippen LogP contribution in [-0.4, -0.2) is 14.4 Å². The summed E-state index contributed by atoms with van der Waals surface area (Å²) in [5.74, 6) is 0. The monoisotopic (exact) mass is 265 g/mol. The van der Waals surface area contributed by atoms with E-state index in [1.165, 1.54) is 21.8 Å². The molecule has 4 aromatic rings. The third-order valence-corrected chi connectivity index (χ3v) is 4.75. The maximum Gasteiger partial charge on any atom is 0.326 e. The Kier molecular flexibility index (Phi) is 1.62. The Morgan fingerprint density at radius 1 is 1.26 bits per heavy atom. The fourth-order valence-corrected chi connectivity index (χ4v) is 4.01. The van der Waals surface area contributed by atoms with Gasteiger partial charge in [0.25, 0.3) is 0 Å². The van der Waals surface area contributed by atoms with Crippen molar-refractivity contribution in [2.75, 3.05) is 0 Å². The summed E-state index contributed by atoms with van der Waals surface area (Å²) in [7, 11) is 0. The Labute approximate surface area is 112 Å². The molecular weight excluding hydrogens is 256 g/mol. The van der Waals surface area contributed by atoms with E-state index < -0.39 is 0 Å². The number of rotatable bonds is 0. The van der Waals surface area contributed by atoms with Gasteiger partial charge in [0.05, 0.1) is 12.4 Å². The SMILES string of the molecule is c1ccc2c(c1)C[n+]1c-2sc2nc3cnccn3c21. The molecule has 5 heteroatoms. The molecule has 1 aromatic carbocycles. The summed E-state index contributed by atoms with van der Waals surface area (Å²) in [5, 5.41) is 1.30. The number of thiazole rings is 1. The van der Waals surface area contributed by atoms with E-state index in [0.717, 1.165) is 17.0 Å². The van der Waals surface area contributed by atoms with Crippen molar-refractivity contribution in [3.05, 3.63) is 48.4 Å². The normalized spacial score (nSPS) is 13.1. The number of imidazole rings is 1. The first-order chi connectivity index (χ1) is 9.42. The van der Waals surface area contributed by atoms with Gasteiger partial charge in [-0.05, 0) is 6.07 Å². The number of hydrogen-bond acceptors (Lipinski definition) is 3. The molecule has 3 aromatic heterocycles. The van der Waals surface area contributed by atoms with Gasteiger partial charge < -0.3 is 0 Å². The van der Waals surface area contributed by atoms with E-state index in [9.17, 15) is 0 Å². The van der Waals surface area contributed by atoms with Gasteiger partial charge in [-0.15, -0.1) is 0 Å². The number of benzene rings is 1. The lowest BCUT2D eigenvalue weighted by Gasteiger charge is -1.91. The smallest absolute Gasteiger partial charge is 0.255 e. The molecule has 0 saturated heterocycles. The molecule has 4 nitrogen and oxygen atoms in total. The highest BCUT2D eigenvalue weighted by Gasteiger charge is 2.31. The molecule has 0 saturated carbocycles. The van der Waals surface area contributed by atoms with E-state index in [0.29, 0.717) is 0 Å². The zero-order valence-corrected chi connectivity index (χ0v) is 10.8. The molecule has 0 unspecified atom stereocenters. The number of fused-ring (bicyclic) bond motifs is 7. The second kappa shape index (κ2) is 3.19. The van der Waals surface area contributed by atoms with Crippen LogP contribution in [0.25, 0.3) is 26.7 Å². The van der Waals surface area contributed by atoms with Crippen molar-refractivity contribution in [2.45, 2.75) is 6.54 Å². The minimum absolute atomic E-state index is 0.912. The molecule has 19 heavy (non-hydrogen) atoms. The first-order valence-corrected chi connectivity index (χ1v) is 6.96. The summed E-state index contributed by atoms with van der Waals surface area (Å²) in [6.07, 6.45) is 5.59. The maximum absolute atomic E-state index is 4.65.